The van der Waals surface area contributed by atoms with E-state index in [1.54, 1.807) is 12.1 Å². The molecule has 1 aromatic carbocycles. The Hall–Kier alpha value is -2.87. The van der Waals surface area contributed by atoms with Gasteiger partial charge in [-0.1, -0.05) is 6.42 Å². The molecule has 1 unspecified atom stereocenters. The molecular formula is C21H24N2O5S. The molecule has 0 saturated heterocycles. The molecule has 1 amide bonds. The Bertz CT molecular complexity index is 920. The van der Waals surface area contributed by atoms with Crippen LogP contribution in [0.3, 0.4) is 0 Å². The summed E-state index contributed by atoms with van der Waals surface area (Å²) >= 11 is 1.39. The second-order valence-corrected chi connectivity index (χ2v) is 8.02. The molecule has 3 rings (SSSR count). The van der Waals surface area contributed by atoms with Crippen LogP contribution in [0.2, 0.25) is 0 Å². The standard InChI is InChI=1S/C21H24N2O5S/c1-12(28-20(25)13-8-10-14(22)11-9-13)18(24)23-19-17(21(26)27-2)15-6-4-3-5-7-16(15)29-19/h8-12H,3-7,22H2,1-2H3,(H,23,24). The topological polar surface area (TPSA) is 108 Å². The van der Waals surface area contributed by atoms with Crippen LogP contribution >= 0.6 is 11.3 Å². The second kappa shape index (κ2) is 9.09. The number of thiophene rings is 1. The maximum atomic E-state index is 12.6. The van der Waals surface area contributed by atoms with Gasteiger partial charge in [0, 0.05) is 10.6 Å². The van der Waals surface area contributed by atoms with Crippen molar-refractivity contribution >= 4 is 39.9 Å². The third-order valence-corrected chi connectivity index (χ3v) is 6.05. The van der Waals surface area contributed by atoms with Gasteiger partial charge in [0.1, 0.15) is 5.00 Å². The van der Waals surface area contributed by atoms with Gasteiger partial charge in [0.25, 0.3) is 5.91 Å². The molecule has 0 radical (unpaired) electrons. The molecule has 1 atom stereocenters. The minimum atomic E-state index is -1.03. The van der Waals surface area contributed by atoms with Crippen molar-refractivity contribution in [1.29, 1.82) is 0 Å². The summed E-state index contributed by atoms with van der Waals surface area (Å²) in [4.78, 5) is 38.3. The number of ether oxygens (including phenoxy) is 2. The Labute approximate surface area is 173 Å². The molecule has 0 aliphatic heterocycles. The molecule has 8 heteroatoms. The van der Waals surface area contributed by atoms with Crippen molar-refractivity contribution in [1.82, 2.24) is 0 Å². The van der Waals surface area contributed by atoms with Crippen molar-refractivity contribution in [3.63, 3.8) is 0 Å². The summed E-state index contributed by atoms with van der Waals surface area (Å²) in [7, 11) is 1.33. The number of fused-ring (bicyclic) bond motifs is 1. The van der Waals surface area contributed by atoms with Gasteiger partial charge in [-0.25, -0.2) is 9.59 Å². The molecule has 0 fully saturated rings. The summed E-state index contributed by atoms with van der Waals surface area (Å²) in [5, 5.41) is 3.20. The van der Waals surface area contributed by atoms with Gasteiger partial charge in [-0.05, 0) is 62.4 Å². The van der Waals surface area contributed by atoms with Gasteiger partial charge >= 0.3 is 11.9 Å². The molecule has 1 heterocycles. The lowest BCUT2D eigenvalue weighted by molar-refractivity contribution is -0.123. The van der Waals surface area contributed by atoms with E-state index in [4.69, 9.17) is 15.2 Å². The smallest absolute Gasteiger partial charge is 0.341 e. The highest BCUT2D eigenvalue weighted by atomic mass is 32.1. The molecule has 0 bridgehead atoms. The quantitative estimate of drug-likeness (QED) is 0.438. The minimum Gasteiger partial charge on any atom is -0.465 e. The second-order valence-electron chi connectivity index (χ2n) is 6.92. The van der Waals surface area contributed by atoms with Crippen molar-refractivity contribution in [2.45, 2.75) is 45.1 Å². The van der Waals surface area contributed by atoms with Crippen LogP contribution in [0.1, 0.15) is 57.3 Å². The van der Waals surface area contributed by atoms with Crippen LogP contribution in [0, 0.1) is 0 Å². The summed E-state index contributed by atoms with van der Waals surface area (Å²) in [5.74, 6) is -1.59. The van der Waals surface area contributed by atoms with E-state index in [2.05, 4.69) is 5.32 Å². The molecule has 7 nitrogen and oxygen atoms in total. The average molecular weight is 416 g/mol. The van der Waals surface area contributed by atoms with Gasteiger partial charge in [0.15, 0.2) is 6.10 Å². The maximum absolute atomic E-state index is 12.6. The van der Waals surface area contributed by atoms with Crippen LogP contribution in [0.5, 0.6) is 0 Å². The summed E-state index contributed by atoms with van der Waals surface area (Å²) in [5.41, 5.74) is 7.82. The first-order chi connectivity index (χ1) is 13.9. The van der Waals surface area contributed by atoms with E-state index in [1.165, 1.54) is 37.5 Å². The van der Waals surface area contributed by atoms with E-state index in [0.717, 1.165) is 42.5 Å². The fourth-order valence-corrected chi connectivity index (χ4v) is 4.54. The van der Waals surface area contributed by atoms with E-state index >= 15 is 0 Å². The first kappa shape index (κ1) is 20.9. The maximum Gasteiger partial charge on any atom is 0.341 e. The van der Waals surface area contributed by atoms with E-state index in [0.29, 0.717) is 21.8 Å². The Balaban J connectivity index is 1.74. The van der Waals surface area contributed by atoms with Crippen molar-refractivity contribution in [3.8, 4) is 0 Å². The van der Waals surface area contributed by atoms with Crippen molar-refractivity contribution in [2.75, 3.05) is 18.2 Å². The number of hydrogen-bond acceptors (Lipinski definition) is 7. The molecule has 0 spiro atoms. The number of nitrogens with two attached hydrogens (primary N) is 1. The highest BCUT2D eigenvalue weighted by Crippen LogP contribution is 2.38. The molecule has 2 aromatic rings. The third kappa shape index (κ3) is 4.76. The van der Waals surface area contributed by atoms with Crippen LogP contribution in [-0.2, 0) is 27.1 Å². The summed E-state index contributed by atoms with van der Waals surface area (Å²) in [6.45, 7) is 1.49. The molecule has 1 aliphatic rings. The normalized spacial score (nSPS) is 14.3. The number of rotatable bonds is 5. The molecule has 1 aromatic heterocycles. The van der Waals surface area contributed by atoms with Crippen molar-refractivity contribution in [2.24, 2.45) is 0 Å². The van der Waals surface area contributed by atoms with Crippen LogP contribution in [0.25, 0.3) is 0 Å². The zero-order valence-corrected chi connectivity index (χ0v) is 17.3. The van der Waals surface area contributed by atoms with Gasteiger partial charge in [-0.15, -0.1) is 11.3 Å². The van der Waals surface area contributed by atoms with Crippen molar-refractivity contribution in [3.05, 3.63) is 45.8 Å². The molecular weight excluding hydrogens is 392 g/mol. The fraction of sp³-hybridized carbons (Fsp3) is 0.381. The molecule has 0 saturated carbocycles. The summed E-state index contributed by atoms with van der Waals surface area (Å²) in [6, 6.07) is 6.24. The van der Waals surface area contributed by atoms with Crippen LogP contribution in [0.4, 0.5) is 10.7 Å². The van der Waals surface area contributed by atoms with Crippen LogP contribution in [0.15, 0.2) is 24.3 Å². The third-order valence-electron chi connectivity index (χ3n) is 4.85. The van der Waals surface area contributed by atoms with Gasteiger partial charge in [-0.2, -0.15) is 0 Å². The number of aryl methyl sites for hydroxylation is 1. The molecule has 1 aliphatic carbocycles. The van der Waals surface area contributed by atoms with E-state index < -0.39 is 23.9 Å². The first-order valence-electron chi connectivity index (χ1n) is 9.51. The SMILES string of the molecule is COC(=O)c1c(NC(=O)C(C)OC(=O)c2ccc(N)cc2)sc2c1CCCCC2. The largest absolute Gasteiger partial charge is 0.465 e. The van der Waals surface area contributed by atoms with Crippen LogP contribution < -0.4 is 11.1 Å². The van der Waals surface area contributed by atoms with E-state index in [9.17, 15) is 14.4 Å². The number of esters is 2. The summed E-state index contributed by atoms with van der Waals surface area (Å²) in [6.07, 6.45) is 3.79. The molecule has 154 valence electrons. The number of methoxy groups -OCH3 is 1. The highest BCUT2D eigenvalue weighted by molar-refractivity contribution is 7.17. The summed E-state index contributed by atoms with van der Waals surface area (Å²) < 4.78 is 10.2. The lowest BCUT2D eigenvalue weighted by Gasteiger charge is -2.14. The zero-order chi connectivity index (χ0) is 21.0. The number of hydrogen-bond donors (Lipinski definition) is 2. The average Bonchev–Trinajstić information content (AvgIpc) is 2.88. The van der Waals surface area contributed by atoms with E-state index in [-0.39, 0.29) is 0 Å². The number of amides is 1. The highest BCUT2D eigenvalue weighted by Gasteiger charge is 2.28. The van der Waals surface area contributed by atoms with Crippen molar-refractivity contribution < 1.29 is 23.9 Å². The fourth-order valence-electron chi connectivity index (χ4n) is 3.26. The Morgan fingerprint density at radius 3 is 2.45 bits per heavy atom. The number of benzene rings is 1. The monoisotopic (exact) mass is 416 g/mol. The number of nitrogen functional groups attached to an aromatic ring is 1. The first-order valence-corrected chi connectivity index (χ1v) is 10.3. The lowest BCUT2D eigenvalue weighted by Crippen LogP contribution is -2.30. The Morgan fingerprint density at radius 1 is 1.07 bits per heavy atom. The van der Waals surface area contributed by atoms with Gasteiger partial charge in [0.2, 0.25) is 0 Å². The Morgan fingerprint density at radius 2 is 1.76 bits per heavy atom. The van der Waals surface area contributed by atoms with Crippen LogP contribution in [-0.4, -0.2) is 31.1 Å². The van der Waals surface area contributed by atoms with E-state index in [1.807, 2.05) is 0 Å². The molecule has 3 N–H and O–H groups in total. The predicted octanol–water partition coefficient (Wildman–Crippen LogP) is 3.57. The Kier molecular flexibility index (Phi) is 6.53. The number of nitrogens with one attached hydrogen (secondary N) is 1. The van der Waals surface area contributed by atoms with Gasteiger partial charge < -0.3 is 20.5 Å². The molecule has 29 heavy (non-hydrogen) atoms. The zero-order valence-electron chi connectivity index (χ0n) is 16.4. The lowest BCUT2D eigenvalue weighted by atomic mass is 10.1. The number of carbonyl (C=O) groups is 3. The number of anilines is 2. The minimum absolute atomic E-state index is 0.303. The number of carbonyl (C=O) groups excluding carboxylic acids is 3. The predicted molar refractivity (Wildman–Crippen MR) is 111 cm³/mol. The van der Waals surface area contributed by atoms with Gasteiger partial charge in [0.05, 0.1) is 18.2 Å². The van der Waals surface area contributed by atoms with Gasteiger partial charge in [-0.3, -0.25) is 4.79 Å².